The largest absolute Gasteiger partial charge is 0.325 e. The molecule has 0 heterocycles. The van der Waals surface area contributed by atoms with Crippen molar-refractivity contribution < 1.29 is 8.78 Å². The monoisotopic (exact) mass is 241 g/mol. The highest BCUT2D eigenvalue weighted by molar-refractivity contribution is 5.39. The Hall–Kier alpha value is -0.960. The Morgan fingerprint density at radius 3 is 1.94 bits per heavy atom. The minimum absolute atomic E-state index is 0.0964. The summed E-state index contributed by atoms with van der Waals surface area (Å²) in [5.74, 6) is -2.87. The van der Waals surface area contributed by atoms with Crippen LogP contribution in [0.15, 0.2) is 12.1 Å². The molecule has 1 aromatic rings. The summed E-state index contributed by atoms with van der Waals surface area (Å²) < 4.78 is 28.3. The molecular weight excluding hydrogens is 220 g/mol. The molecule has 1 aromatic carbocycles. The van der Waals surface area contributed by atoms with Crippen molar-refractivity contribution in [3.05, 3.63) is 34.4 Å². The van der Waals surface area contributed by atoms with E-state index < -0.39 is 11.5 Å². The molecule has 17 heavy (non-hydrogen) atoms. The zero-order chi connectivity index (χ0) is 13.4. The van der Waals surface area contributed by atoms with Gasteiger partial charge in [-0.15, -0.1) is 0 Å². The number of benzene rings is 1. The molecule has 0 aliphatic rings. The quantitative estimate of drug-likeness (QED) is 0.855. The summed E-state index contributed by atoms with van der Waals surface area (Å²) in [5.41, 5.74) is 7.47. The van der Waals surface area contributed by atoms with Crippen LogP contribution in [-0.4, -0.2) is 5.54 Å². The van der Waals surface area contributed by atoms with Crippen molar-refractivity contribution in [2.45, 2.75) is 52.5 Å². The number of rotatable bonds is 3. The molecule has 0 spiro atoms. The van der Waals surface area contributed by atoms with Crippen molar-refractivity contribution in [2.24, 2.45) is 5.73 Å². The average Bonchev–Trinajstić information content (AvgIpc) is 2.06. The number of hydrogen-bond donors (Lipinski definition) is 1. The zero-order valence-electron chi connectivity index (χ0n) is 11.2. The Labute approximate surface area is 102 Å². The van der Waals surface area contributed by atoms with Crippen molar-refractivity contribution in [1.29, 1.82) is 0 Å². The van der Waals surface area contributed by atoms with Gasteiger partial charge in [0, 0.05) is 17.5 Å². The lowest BCUT2D eigenvalue weighted by molar-refractivity contribution is -0.0301. The van der Waals surface area contributed by atoms with Crippen LogP contribution in [0.1, 0.15) is 42.5 Å². The van der Waals surface area contributed by atoms with E-state index >= 15 is 0 Å². The molecule has 2 N–H and O–H groups in total. The van der Waals surface area contributed by atoms with Crippen LogP contribution in [-0.2, 0) is 5.92 Å². The predicted octanol–water partition coefficient (Wildman–Crippen LogP) is 3.83. The summed E-state index contributed by atoms with van der Waals surface area (Å²) in [6.07, 6.45) is -0.344. The van der Waals surface area contributed by atoms with E-state index in [0.717, 1.165) is 11.1 Å². The molecule has 0 aliphatic heterocycles. The van der Waals surface area contributed by atoms with Crippen molar-refractivity contribution in [3.8, 4) is 0 Å². The standard InChI is InChI=1S/C14H21F2N/c1-9-6-11(3)12(7-10(9)2)14(15,16)8-13(4,5)17/h6-7H,8,17H2,1-5H3. The zero-order valence-corrected chi connectivity index (χ0v) is 11.2. The number of alkyl halides is 2. The Bertz CT molecular complexity index is 417. The van der Waals surface area contributed by atoms with Crippen LogP contribution in [0.4, 0.5) is 8.78 Å². The molecule has 0 radical (unpaired) electrons. The first kappa shape index (κ1) is 14.1. The molecule has 0 amide bonds. The molecule has 0 saturated carbocycles. The van der Waals surface area contributed by atoms with Crippen molar-refractivity contribution >= 4 is 0 Å². The SMILES string of the molecule is Cc1cc(C)c(C(F)(F)CC(C)(C)N)cc1C. The number of hydrogen-bond acceptors (Lipinski definition) is 1. The average molecular weight is 241 g/mol. The molecule has 0 saturated heterocycles. The molecule has 96 valence electrons. The maximum absolute atomic E-state index is 14.1. The Kier molecular flexibility index (Phi) is 3.63. The van der Waals surface area contributed by atoms with Crippen molar-refractivity contribution in [3.63, 3.8) is 0 Å². The molecule has 0 aliphatic carbocycles. The van der Waals surface area contributed by atoms with Gasteiger partial charge in [0.2, 0.25) is 0 Å². The third-order valence-electron chi connectivity index (χ3n) is 2.91. The van der Waals surface area contributed by atoms with E-state index in [1.807, 2.05) is 19.9 Å². The fourth-order valence-electron chi connectivity index (χ4n) is 2.02. The molecule has 0 fully saturated rings. The van der Waals surface area contributed by atoms with Crippen molar-refractivity contribution in [2.75, 3.05) is 0 Å². The molecule has 0 atom stereocenters. The summed E-state index contributed by atoms with van der Waals surface area (Å²) in [4.78, 5) is 0. The first-order chi connectivity index (χ1) is 7.53. The highest BCUT2D eigenvalue weighted by Crippen LogP contribution is 2.37. The summed E-state index contributed by atoms with van der Waals surface area (Å²) in [6, 6.07) is 3.39. The van der Waals surface area contributed by atoms with Crippen LogP contribution in [0, 0.1) is 20.8 Å². The van der Waals surface area contributed by atoms with E-state index in [-0.39, 0.29) is 12.0 Å². The highest BCUT2D eigenvalue weighted by atomic mass is 19.3. The van der Waals surface area contributed by atoms with Gasteiger partial charge < -0.3 is 5.73 Å². The number of nitrogens with two attached hydrogens (primary N) is 1. The van der Waals surface area contributed by atoms with E-state index in [2.05, 4.69) is 0 Å². The van der Waals surface area contributed by atoms with Gasteiger partial charge in [-0.3, -0.25) is 0 Å². The first-order valence-electron chi connectivity index (χ1n) is 5.78. The Balaban J connectivity index is 3.19. The topological polar surface area (TPSA) is 26.0 Å². The lowest BCUT2D eigenvalue weighted by atomic mass is 9.89. The van der Waals surface area contributed by atoms with Crippen LogP contribution in [0.25, 0.3) is 0 Å². The van der Waals surface area contributed by atoms with E-state index in [0.29, 0.717) is 5.56 Å². The summed E-state index contributed by atoms with van der Waals surface area (Å²) >= 11 is 0. The maximum Gasteiger partial charge on any atom is 0.275 e. The van der Waals surface area contributed by atoms with Crippen LogP contribution in [0.3, 0.4) is 0 Å². The Morgan fingerprint density at radius 1 is 1.00 bits per heavy atom. The van der Waals surface area contributed by atoms with Gasteiger partial charge in [0.15, 0.2) is 0 Å². The van der Waals surface area contributed by atoms with Gasteiger partial charge in [-0.05, 0) is 57.4 Å². The molecule has 1 rings (SSSR count). The third-order valence-corrected chi connectivity index (χ3v) is 2.91. The molecule has 0 unspecified atom stereocenters. The van der Waals surface area contributed by atoms with Gasteiger partial charge >= 0.3 is 0 Å². The first-order valence-corrected chi connectivity index (χ1v) is 5.78. The molecule has 0 bridgehead atoms. The highest BCUT2D eigenvalue weighted by Gasteiger charge is 2.37. The van der Waals surface area contributed by atoms with E-state index in [4.69, 9.17) is 5.73 Å². The fourth-order valence-corrected chi connectivity index (χ4v) is 2.02. The van der Waals surface area contributed by atoms with Crippen LogP contribution in [0.5, 0.6) is 0 Å². The van der Waals surface area contributed by atoms with Gasteiger partial charge in [0.25, 0.3) is 5.92 Å². The van der Waals surface area contributed by atoms with Gasteiger partial charge in [0.1, 0.15) is 0 Å². The lowest BCUT2D eigenvalue weighted by Gasteiger charge is -2.27. The van der Waals surface area contributed by atoms with Crippen LogP contribution in [0.2, 0.25) is 0 Å². The minimum atomic E-state index is -2.87. The smallest absolute Gasteiger partial charge is 0.275 e. The van der Waals surface area contributed by atoms with Gasteiger partial charge in [0.05, 0.1) is 0 Å². The van der Waals surface area contributed by atoms with Crippen LogP contribution >= 0.6 is 0 Å². The second kappa shape index (κ2) is 4.37. The van der Waals surface area contributed by atoms with Crippen molar-refractivity contribution in [1.82, 2.24) is 0 Å². The fraction of sp³-hybridized carbons (Fsp3) is 0.571. The van der Waals surface area contributed by atoms with Crippen LogP contribution < -0.4 is 5.73 Å². The predicted molar refractivity (Wildman–Crippen MR) is 67.4 cm³/mol. The Morgan fingerprint density at radius 2 is 1.47 bits per heavy atom. The van der Waals surface area contributed by atoms with Gasteiger partial charge in [-0.2, -0.15) is 0 Å². The lowest BCUT2D eigenvalue weighted by Crippen LogP contribution is -2.38. The molecule has 0 aromatic heterocycles. The summed E-state index contributed by atoms with van der Waals surface area (Å²) in [6.45, 7) is 8.74. The molecule has 3 heteroatoms. The number of aryl methyl sites for hydroxylation is 3. The third kappa shape index (κ3) is 3.50. The van der Waals surface area contributed by atoms with Gasteiger partial charge in [-0.25, -0.2) is 8.78 Å². The summed E-state index contributed by atoms with van der Waals surface area (Å²) in [5, 5.41) is 0. The summed E-state index contributed by atoms with van der Waals surface area (Å²) in [7, 11) is 0. The van der Waals surface area contributed by atoms with E-state index in [1.54, 1.807) is 26.8 Å². The number of halogens is 2. The normalized spacial score (nSPS) is 12.9. The second-order valence-corrected chi connectivity index (χ2v) is 5.62. The van der Waals surface area contributed by atoms with E-state index in [9.17, 15) is 8.78 Å². The van der Waals surface area contributed by atoms with E-state index in [1.165, 1.54) is 0 Å². The maximum atomic E-state index is 14.1. The molecular formula is C14H21F2N. The second-order valence-electron chi connectivity index (χ2n) is 5.62. The molecule has 1 nitrogen and oxygen atoms in total. The minimum Gasteiger partial charge on any atom is -0.325 e. The van der Waals surface area contributed by atoms with Gasteiger partial charge in [-0.1, -0.05) is 6.07 Å².